The van der Waals surface area contributed by atoms with Crippen LogP contribution >= 0.6 is 0 Å². The van der Waals surface area contributed by atoms with Crippen LogP contribution in [0.3, 0.4) is 0 Å². The van der Waals surface area contributed by atoms with Crippen LogP contribution in [0.15, 0.2) is 84.9 Å². The van der Waals surface area contributed by atoms with Crippen LogP contribution in [0.25, 0.3) is 22.3 Å². The number of hydrogen-bond acceptors (Lipinski definition) is 8. The monoisotopic (exact) mass is 628 g/mol. The highest BCUT2D eigenvalue weighted by atomic mass is 16.5. The standard InChI is InChI=1S/C39H32O8/c1-3-39(2,38(45)47-19-17-24-13-15-30-32(21-24)26-9-5-7-11-28(26)35(42)37(30)44)22-33(40)46-18-16-23-12-14-29-31(20-23)25-8-4-6-10-27(25)34(41)36(29)43/h4-15,20-21H,3,16-19,22H2,1-2H3. The minimum atomic E-state index is -1.08. The summed E-state index contributed by atoms with van der Waals surface area (Å²) in [6, 6.07) is 24.5. The summed E-state index contributed by atoms with van der Waals surface area (Å²) in [6.07, 6.45) is 0.992. The Hall–Kier alpha value is -5.50. The van der Waals surface area contributed by atoms with E-state index in [0.29, 0.717) is 63.8 Å². The van der Waals surface area contributed by atoms with E-state index in [2.05, 4.69) is 0 Å². The van der Waals surface area contributed by atoms with Gasteiger partial charge in [-0.15, -0.1) is 0 Å². The molecule has 1 unspecified atom stereocenters. The first-order valence-corrected chi connectivity index (χ1v) is 15.6. The van der Waals surface area contributed by atoms with Gasteiger partial charge in [0.1, 0.15) is 0 Å². The van der Waals surface area contributed by atoms with Crippen LogP contribution in [0, 0.1) is 5.41 Å². The molecule has 0 amide bonds. The van der Waals surface area contributed by atoms with Crippen LogP contribution in [0.4, 0.5) is 0 Å². The number of ether oxygens (including phenoxy) is 2. The van der Waals surface area contributed by atoms with Crippen molar-refractivity contribution in [2.75, 3.05) is 13.2 Å². The van der Waals surface area contributed by atoms with Gasteiger partial charge in [0.05, 0.1) is 25.0 Å². The molecule has 0 aliphatic heterocycles. The van der Waals surface area contributed by atoms with Crippen molar-refractivity contribution < 1.29 is 38.2 Å². The van der Waals surface area contributed by atoms with E-state index >= 15 is 0 Å². The lowest BCUT2D eigenvalue weighted by Gasteiger charge is -2.25. The molecule has 6 rings (SSSR count). The molecule has 8 heteroatoms. The Bertz CT molecular complexity index is 1990. The maximum Gasteiger partial charge on any atom is 0.312 e. The van der Waals surface area contributed by atoms with Crippen LogP contribution in [0.2, 0.25) is 0 Å². The molecule has 47 heavy (non-hydrogen) atoms. The second-order valence-electron chi connectivity index (χ2n) is 12.1. The van der Waals surface area contributed by atoms with Gasteiger partial charge in [0.15, 0.2) is 0 Å². The minimum Gasteiger partial charge on any atom is -0.465 e. The predicted molar refractivity (Wildman–Crippen MR) is 173 cm³/mol. The van der Waals surface area contributed by atoms with E-state index in [9.17, 15) is 28.8 Å². The Morgan fingerprint density at radius 2 is 0.957 bits per heavy atom. The van der Waals surface area contributed by atoms with E-state index in [4.69, 9.17) is 9.47 Å². The topological polar surface area (TPSA) is 121 Å². The van der Waals surface area contributed by atoms with Crippen LogP contribution in [0.5, 0.6) is 0 Å². The van der Waals surface area contributed by atoms with Gasteiger partial charge in [-0.3, -0.25) is 28.8 Å². The third-order valence-electron chi connectivity index (χ3n) is 9.08. The zero-order valence-electron chi connectivity index (χ0n) is 26.1. The van der Waals surface area contributed by atoms with Crippen LogP contribution in [-0.4, -0.2) is 48.3 Å². The second-order valence-corrected chi connectivity index (χ2v) is 12.1. The van der Waals surface area contributed by atoms with E-state index in [1.54, 1.807) is 55.5 Å². The highest BCUT2D eigenvalue weighted by molar-refractivity contribution is 6.53. The number of Topliss-reactive ketones (excluding diaryl/α,β-unsaturated/α-hetero) is 4. The first-order chi connectivity index (χ1) is 22.6. The average molecular weight is 629 g/mol. The molecule has 1 atom stereocenters. The lowest BCUT2D eigenvalue weighted by Crippen LogP contribution is -2.33. The normalized spacial score (nSPS) is 14.3. The summed E-state index contributed by atoms with van der Waals surface area (Å²) in [7, 11) is 0. The highest BCUT2D eigenvalue weighted by Gasteiger charge is 2.36. The predicted octanol–water partition coefficient (Wildman–Crippen LogP) is 6.46. The van der Waals surface area contributed by atoms with Gasteiger partial charge in [0, 0.05) is 35.1 Å². The fourth-order valence-corrected chi connectivity index (χ4v) is 6.09. The molecule has 0 aromatic heterocycles. The Kier molecular flexibility index (Phi) is 8.52. The maximum absolute atomic E-state index is 13.1. The zero-order chi connectivity index (χ0) is 33.3. The molecule has 8 nitrogen and oxygen atoms in total. The Morgan fingerprint density at radius 3 is 1.40 bits per heavy atom. The molecule has 0 heterocycles. The molecule has 0 saturated carbocycles. The van der Waals surface area contributed by atoms with Crippen molar-refractivity contribution in [2.24, 2.45) is 5.41 Å². The third kappa shape index (κ3) is 5.94. The van der Waals surface area contributed by atoms with Gasteiger partial charge in [-0.25, -0.2) is 0 Å². The van der Waals surface area contributed by atoms with E-state index in [0.717, 1.165) is 11.1 Å². The van der Waals surface area contributed by atoms with Gasteiger partial charge in [-0.1, -0.05) is 91.9 Å². The molecule has 0 saturated heterocycles. The summed E-state index contributed by atoms with van der Waals surface area (Å²) in [5, 5.41) is 0. The molecule has 4 aromatic rings. The van der Waals surface area contributed by atoms with Gasteiger partial charge in [-0.2, -0.15) is 0 Å². The van der Waals surface area contributed by atoms with Crippen molar-refractivity contribution >= 4 is 35.1 Å². The smallest absolute Gasteiger partial charge is 0.312 e. The summed E-state index contributed by atoms with van der Waals surface area (Å²) in [6.45, 7) is 3.64. The van der Waals surface area contributed by atoms with Gasteiger partial charge in [0.25, 0.3) is 0 Å². The molecule has 0 N–H and O–H groups in total. The fraction of sp³-hybridized carbons (Fsp3) is 0.231. The summed E-state index contributed by atoms with van der Waals surface area (Å²) in [5.74, 6) is -3.15. The Morgan fingerprint density at radius 1 is 0.553 bits per heavy atom. The van der Waals surface area contributed by atoms with Crippen molar-refractivity contribution in [2.45, 2.75) is 39.5 Å². The van der Waals surface area contributed by atoms with E-state index in [1.807, 2.05) is 43.3 Å². The first kappa shape index (κ1) is 31.5. The van der Waals surface area contributed by atoms with Crippen LogP contribution in [-0.2, 0) is 31.9 Å². The lowest BCUT2D eigenvalue weighted by atomic mass is 9.83. The van der Waals surface area contributed by atoms with Crippen molar-refractivity contribution in [1.82, 2.24) is 0 Å². The van der Waals surface area contributed by atoms with Crippen molar-refractivity contribution in [1.29, 1.82) is 0 Å². The van der Waals surface area contributed by atoms with Gasteiger partial charge < -0.3 is 9.47 Å². The molecule has 0 bridgehead atoms. The van der Waals surface area contributed by atoms with Gasteiger partial charge >= 0.3 is 11.9 Å². The van der Waals surface area contributed by atoms with Crippen molar-refractivity contribution in [3.05, 3.63) is 118 Å². The van der Waals surface area contributed by atoms with E-state index < -0.39 is 40.5 Å². The Labute approximate surface area is 271 Å². The average Bonchev–Trinajstić information content (AvgIpc) is 3.09. The summed E-state index contributed by atoms with van der Waals surface area (Å²) in [4.78, 5) is 76.0. The number of rotatable bonds is 10. The molecular formula is C39H32O8. The number of carbonyl (C=O) groups excluding carboxylic acids is 6. The van der Waals surface area contributed by atoms with E-state index in [1.165, 1.54) is 0 Å². The highest BCUT2D eigenvalue weighted by Crippen LogP contribution is 2.36. The minimum absolute atomic E-state index is 0.0757. The van der Waals surface area contributed by atoms with Crippen molar-refractivity contribution in [3.63, 3.8) is 0 Å². The molecule has 2 aliphatic rings. The number of fused-ring (bicyclic) bond motifs is 6. The van der Waals surface area contributed by atoms with Gasteiger partial charge in [-0.05, 0) is 46.7 Å². The molecule has 0 spiro atoms. The van der Waals surface area contributed by atoms with Gasteiger partial charge in [0.2, 0.25) is 23.1 Å². The number of hydrogen-bond donors (Lipinski definition) is 0. The lowest BCUT2D eigenvalue weighted by molar-refractivity contribution is -0.162. The van der Waals surface area contributed by atoms with Crippen LogP contribution < -0.4 is 0 Å². The molecular weight excluding hydrogens is 596 g/mol. The number of ketones is 4. The maximum atomic E-state index is 13.1. The fourth-order valence-electron chi connectivity index (χ4n) is 6.09. The van der Waals surface area contributed by atoms with Crippen LogP contribution in [0.1, 0.15) is 79.2 Å². The molecule has 0 radical (unpaired) electrons. The van der Waals surface area contributed by atoms with E-state index in [-0.39, 0.29) is 19.6 Å². The summed E-state index contributed by atoms with van der Waals surface area (Å²) < 4.78 is 11.1. The summed E-state index contributed by atoms with van der Waals surface area (Å²) >= 11 is 0. The first-order valence-electron chi connectivity index (χ1n) is 15.6. The summed E-state index contributed by atoms with van der Waals surface area (Å²) in [5.41, 5.74) is 4.83. The van der Waals surface area contributed by atoms with Crippen molar-refractivity contribution in [3.8, 4) is 22.3 Å². The number of esters is 2. The quantitative estimate of drug-likeness (QED) is 0.145. The zero-order valence-corrected chi connectivity index (χ0v) is 26.1. The SMILES string of the molecule is CCC(C)(CC(=O)OCCc1ccc2c(c1)-c1ccccc1C(=O)C2=O)C(=O)OCCc1ccc2c(c1)-c1ccccc1C(=O)C2=O. The second kappa shape index (κ2) is 12.7. The molecule has 2 aliphatic carbocycles. The third-order valence-corrected chi connectivity index (χ3v) is 9.08. The molecule has 236 valence electrons. The Balaban J connectivity index is 1.03. The molecule has 0 fully saturated rings. The molecule has 4 aromatic carbocycles. The largest absolute Gasteiger partial charge is 0.465 e. The number of benzene rings is 4. The number of carbonyl (C=O) groups is 6.